The number of nitrogens with zero attached hydrogens (tertiary/aromatic N) is 1. The van der Waals surface area contributed by atoms with Crippen molar-refractivity contribution in [1.82, 2.24) is 4.90 Å². The Kier molecular flexibility index (Phi) is 24.2. The summed E-state index contributed by atoms with van der Waals surface area (Å²) in [6.07, 6.45) is 0. The summed E-state index contributed by atoms with van der Waals surface area (Å²) < 4.78 is 0. The van der Waals surface area contributed by atoms with Crippen LogP contribution in [0.3, 0.4) is 0 Å². The van der Waals surface area contributed by atoms with Crippen molar-refractivity contribution in [2.24, 2.45) is 0 Å². The van der Waals surface area contributed by atoms with Crippen molar-refractivity contribution in [1.29, 1.82) is 0 Å². The molecule has 68 valence electrons. The van der Waals surface area contributed by atoms with Gasteiger partial charge in [-0.15, -0.1) is 0 Å². The molecule has 0 amide bonds. The van der Waals surface area contributed by atoms with E-state index in [0.717, 1.165) is 0 Å². The van der Waals surface area contributed by atoms with Gasteiger partial charge in [0.25, 0.3) is 0 Å². The summed E-state index contributed by atoms with van der Waals surface area (Å²) in [5, 5.41) is 25.5. The molecule has 0 radical (unpaired) electrons. The third kappa shape index (κ3) is 11.6. The second kappa shape index (κ2) is 15.1. The molecular weight excluding hydrogens is 181 g/mol. The van der Waals surface area contributed by atoms with Gasteiger partial charge in [0.2, 0.25) is 0 Å². The molecule has 0 rings (SSSR count). The monoisotopic (exact) mass is 199 g/mol. The van der Waals surface area contributed by atoms with Gasteiger partial charge in [0.1, 0.15) is 0 Å². The summed E-state index contributed by atoms with van der Waals surface area (Å²) in [6, 6.07) is 0. The Morgan fingerprint density at radius 3 is 1.25 bits per heavy atom. The Hall–Kier alpha value is 1.61. The van der Waals surface area contributed by atoms with Gasteiger partial charge in [-0.3, -0.25) is 4.90 Å². The van der Waals surface area contributed by atoms with Crippen molar-refractivity contribution in [3.63, 3.8) is 0 Å². The van der Waals surface area contributed by atoms with E-state index in [-0.39, 0.29) is 76.7 Å². The van der Waals surface area contributed by atoms with Crippen molar-refractivity contribution in [2.75, 3.05) is 39.5 Å². The standard InChI is InChI=1S/C6H15NO3.Mg.Na.3H/c8-4-1-7(2-5-9)3-6-10;;;;;/h8-10H,1-6H2;;;;;/q;+2;+1;3*-1. The second-order valence-electron chi connectivity index (χ2n) is 2.01. The van der Waals surface area contributed by atoms with Crippen molar-refractivity contribution in [3.8, 4) is 0 Å². The molecule has 0 aromatic carbocycles. The topological polar surface area (TPSA) is 63.9 Å². The van der Waals surface area contributed by atoms with Crippen LogP contribution in [0.4, 0.5) is 0 Å². The maximum Gasteiger partial charge on any atom is 2.00 e. The Bertz CT molecular complexity index is 76.4. The third-order valence-electron chi connectivity index (χ3n) is 1.25. The molecule has 0 aliphatic heterocycles. The Morgan fingerprint density at radius 2 is 1.08 bits per heavy atom. The van der Waals surface area contributed by atoms with Crippen molar-refractivity contribution in [3.05, 3.63) is 0 Å². The minimum atomic E-state index is 0. The van der Waals surface area contributed by atoms with Crippen molar-refractivity contribution in [2.45, 2.75) is 0 Å². The van der Waals surface area contributed by atoms with E-state index in [1.165, 1.54) is 0 Å². The molecule has 0 spiro atoms. The summed E-state index contributed by atoms with van der Waals surface area (Å²) >= 11 is 0. The number of rotatable bonds is 6. The van der Waals surface area contributed by atoms with Crippen LogP contribution in [0.1, 0.15) is 4.28 Å². The molecule has 6 heteroatoms. The van der Waals surface area contributed by atoms with E-state index in [1.807, 2.05) is 0 Å². The van der Waals surface area contributed by atoms with Crippen LogP contribution in [0.25, 0.3) is 0 Å². The van der Waals surface area contributed by atoms with E-state index in [0.29, 0.717) is 19.6 Å². The van der Waals surface area contributed by atoms with E-state index < -0.39 is 0 Å². The van der Waals surface area contributed by atoms with Gasteiger partial charge in [0, 0.05) is 19.6 Å². The molecule has 0 bridgehead atoms. The van der Waals surface area contributed by atoms with Crippen LogP contribution in [0.2, 0.25) is 0 Å². The van der Waals surface area contributed by atoms with E-state index >= 15 is 0 Å². The number of hydrogen-bond donors (Lipinski definition) is 3. The zero-order valence-electron chi connectivity index (χ0n) is 10.7. The van der Waals surface area contributed by atoms with E-state index in [9.17, 15) is 0 Å². The minimum Gasteiger partial charge on any atom is -1.00 e. The van der Waals surface area contributed by atoms with E-state index in [4.69, 9.17) is 15.3 Å². The molecule has 3 N–H and O–H groups in total. The molecular formula is C6H18MgNNaO3. The average molecular weight is 200 g/mol. The summed E-state index contributed by atoms with van der Waals surface area (Å²) in [5.74, 6) is 0. The van der Waals surface area contributed by atoms with Crippen LogP contribution in [-0.4, -0.2) is 82.7 Å². The number of hydrogen-bond acceptors (Lipinski definition) is 4. The van der Waals surface area contributed by atoms with Gasteiger partial charge >= 0.3 is 52.6 Å². The summed E-state index contributed by atoms with van der Waals surface area (Å²) in [6.45, 7) is 1.75. The first kappa shape index (κ1) is 19.2. The van der Waals surface area contributed by atoms with Gasteiger partial charge in [0.05, 0.1) is 19.8 Å². The fourth-order valence-corrected chi connectivity index (χ4v) is 0.760. The molecule has 12 heavy (non-hydrogen) atoms. The van der Waals surface area contributed by atoms with Gasteiger partial charge < -0.3 is 19.6 Å². The fourth-order valence-electron chi connectivity index (χ4n) is 0.760. The first-order chi connectivity index (χ1) is 4.85. The molecule has 0 aliphatic rings. The summed E-state index contributed by atoms with van der Waals surface area (Å²) in [7, 11) is 0. The number of aliphatic hydroxyl groups excluding tert-OH is 3. The Balaban J connectivity index is -0.0000000405. The molecule has 0 atom stereocenters. The smallest absolute Gasteiger partial charge is 1.00 e. The molecule has 0 heterocycles. The molecule has 0 fully saturated rings. The van der Waals surface area contributed by atoms with Gasteiger partial charge in [0.15, 0.2) is 0 Å². The van der Waals surface area contributed by atoms with Crippen LogP contribution >= 0.6 is 0 Å². The molecule has 0 saturated heterocycles. The second-order valence-corrected chi connectivity index (χ2v) is 2.01. The zero-order valence-corrected chi connectivity index (χ0v) is 11.2. The third-order valence-corrected chi connectivity index (χ3v) is 1.25. The maximum absolute atomic E-state index is 8.48. The van der Waals surface area contributed by atoms with Crippen LogP contribution in [0, 0.1) is 0 Å². The molecule has 0 aromatic heterocycles. The van der Waals surface area contributed by atoms with Crippen molar-refractivity contribution >= 4 is 23.1 Å². The van der Waals surface area contributed by atoms with Gasteiger partial charge in [-0.1, -0.05) is 0 Å². The molecule has 0 aliphatic carbocycles. The van der Waals surface area contributed by atoms with E-state index in [2.05, 4.69) is 0 Å². The van der Waals surface area contributed by atoms with Gasteiger partial charge in [-0.05, 0) is 0 Å². The average Bonchev–Trinajstić information content (AvgIpc) is 1.90. The summed E-state index contributed by atoms with van der Waals surface area (Å²) in [4.78, 5) is 1.79. The van der Waals surface area contributed by atoms with Gasteiger partial charge in [-0.25, -0.2) is 0 Å². The maximum atomic E-state index is 8.48. The minimum absolute atomic E-state index is 0. The number of aliphatic hydroxyl groups is 3. The van der Waals surface area contributed by atoms with Crippen LogP contribution in [-0.2, 0) is 0 Å². The fraction of sp³-hybridized carbons (Fsp3) is 1.00. The SMILES string of the molecule is OCCN(CCO)CCO.[H-].[H-].[H-].[Mg+2].[Na+]. The zero-order chi connectivity index (χ0) is 7.82. The first-order valence-electron chi connectivity index (χ1n) is 3.40. The Morgan fingerprint density at radius 1 is 0.833 bits per heavy atom. The van der Waals surface area contributed by atoms with Crippen LogP contribution in [0.15, 0.2) is 0 Å². The molecule has 4 nitrogen and oxygen atoms in total. The van der Waals surface area contributed by atoms with Gasteiger partial charge in [-0.2, -0.15) is 0 Å². The van der Waals surface area contributed by atoms with Crippen LogP contribution in [0.5, 0.6) is 0 Å². The Labute approximate surface area is 116 Å². The molecule has 0 aromatic rings. The predicted molar refractivity (Wildman–Crippen MR) is 46.8 cm³/mol. The first-order valence-corrected chi connectivity index (χ1v) is 3.40. The van der Waals surface area contributed by atoms with Crippen molar-refractivity contribution < 1.29 is 49.2 Å². The molecule has 0 saturated carbocycles. The molecule has 0 unspecified atom stereocenters. The predicted octanol–water partition coefficient (Wildman–Crippen LogP) is -4.77. The normalized spacial score (nSPS) is 9.00. The summed E-state index contributed by atoms with van der Waals surface area (Å²) in [5.41, 5.74) is 0. The quantitative estimate of drug-likeness (QED) is 0.376. The van der Waals surface area contributed by atoms with E-state index in [1.54, 1.807) is 4.90 Å². The largest absolute Gasteiger partial charge is 2.00 e. The van der Waals surface area contributed by atoms with Crippen LogP contribution < -0.4 is 29.6 Å².